The summed E-state index contributed by atoms with van der Waals surface area (Å²) in [5.74, 6) is -1.00. The Bertz CT molecular complexity index is 1330. The molecule has 162 valence electrons. The number of carbonyl (C=O) groups is 1. The van der Waals surface area contributed by atoms with E-state index in [2.05, 4.69) is 5.32 Å². The topological polar surface area (TPSA) is 96.3 Å². The summed E-state index contributed by atoms with van der Waals surface area (Å²) in [5.41, 5.74) is 0.109. The molecule has 0 spiro atoms. The van der Waals surface area contributed by atoms with Crippen LogP contribution in [-0.2, 0) is 14.9 Å². The van der Waals surface area contributed by atoms with Crippen molar-refractivity contribution >= 4 is 62.6 Å². The summed E-state index contributed by atoms with van der Waals surface area (Å²) < 4.78 is 30.6. The fourth-order valence-electron chi connectivity index (χ4n) is 2.56. The molecule has 0 radical (unpaired) electrons. The quantitative estimate of drug-likeness (QED) is 0.252. The zero-order valence-corrected chi connectivity index (χ0v) is 19.1. The summed E-state index contributed by atoms with van der Waals surface area (Å²) >= 11 is 18.1. The molecule has 0 aromatic heterocycles. The van der Waals surface area contributed by atoms with E-state index in [1.165, 1.54) is 36.4 Å². The number of amides is 1. The van der Waals surface area contributed by atoms with Gasteiger partial charge in [-0.15, -0.1) is 0 Å². The molecule has 10 heteroatoms. The number of hydrogen-bond donors (Lipinski definition) is 1. The normalized spacial score (nSPS) is 11.5. The number of nitrogens with one attached hydrogen (secondary N) is 1. The number of halogens is 3. The van der Waals surface area contributed by atoms with E-state index in [4.69, 9.17) is 39.0 Å². The van der Waals surface area contributed by atoms with Gasteiger partial charge >= 0.3 is 10.1 Å². The molecular formula is C22H13Cl3N2O4S. The number of carbonyl (C=O) groups excluding carboxylic acids is 1. The predicted octanol–water partition coefficient (Wildman–Crippen LogP) is 5.96. The Balaban J connectivity index is 1.99. The van der Waals surface area contributed by atoms with Gasteiger partial charge in [0.25, 0.3) is 5.91 Å². The molecule has 0 unspecified atom stereocenters. The van der Waals surface area contributed by atoms with E-state index in [0.717, 1.165) is 6.08 Å². The predicted molar refractivity (Wildman–Crippen MR) is 124 cm³/mol. The van der Waals surface area contributed by atoms with Gasteiger partial charge in [-0.2, -0.15) is 13.7 Å². The molecule has 0 aliphatic rings. The SMILES string of the molecule is N#C/C(=C\c1cc(Cl)cc(Cl)c1OS(=O)(=O)c1ccccc1)C(=O)Nc1ccc(Cl)cc1. The Morgan fingerprint density at radius 1 is 0.969 bits per heavy atom. The minimum Gasteiger partial charge on any atom is -0.377 e. The number of anilines is 1. The molecular weight excluding hydrogens is 495 g/mol. The Hall–Kier alpha value is -3.02. The fourth-order valence-corrected chi connectivity index (χ4v) is 4.27. The van der Waals surface area contributed by atoms with E-state index >= 15 is 0 Å². The van der Waals surface area contributed by atoms with Crippen molar-refractivity contribution in [3.8, 4) is 11.8 Å². The molecule has 3 rings (SSSR count). The van der Waals surface area contributed by atoms with Crippen molar-refractivity contribution in [1.29, 1.82) is 5.26 Å². The van der Waals surface area contributed by atoms with Crippen LogP contribution in [-0.4, -0.2) is 14.3 Å². The monoisotopic (exact) mass is 506 g/mol. The molecule has 1 N–H and O–H groups in total. The summed E-state index contributed by atoms with van der Waals surface area (Å²) in [4.78, 5) is 12.5. The maximum Gasteiger partial charge on any atom is 0.339 e. The summed E-state index contributed by atoms with van der Waals surface area (Å²) in [7, 11) is -4.24. The maximum absolute atomic E-state index is 12.7. The Labute approximate surface area is 199 Å². The van der Waals surface area contributed by atoms with Crippen LogP contribution < -0.4 is 9.50 Å². The first-order valence-corrected chi connectivity index (χ1v) is 11.4. The van der Waals surface area contributed by atoms with Crippen molar-refractivity contribution in [2.75, 3.05) is 5.32 Å². The molecule has 0 heterocycles. The van der Waals surface area contributed by atoms with Crippen LogP contribution in [0.2, 0.25) is 15.1 Å². The lowest BCUT2D eigenvalue weighted by Crippen LogP contribution is -2.14. The number of nitrogens with zero attached hydrogens (tertiary/aromatic N) is 1. The highest BCUT2D eigenvalue weighted by Crippen LogP contribution is 2.36. The summed E-state index contributed by atoms with van der Waals surface area (Å²) in [5, 5.41) is 12.6. The van der Waals surface area contributed by atoms with Gasteiger partial charge in [-0.3, -0.25) is 4.79 Å². The molecule has 0 fully saturated rings. The van der Waals surface area contributed by atoms with Gasteiger partial charge in [-0.1, -0.05) is 53.0 Å². The van der Waals surface area contributed by atoms with Crippen LogP contribution in [0.3, 0.4) is 0 Å². The van der Waals surface area contributed by atoms with E-state index in [9.17, 15) is 18.5 Å². The third kappa shape index (κ3) is 5.81. The van der Waals surface area contributed by atoms with Gasteiger partial charge < -0.3 is 9.50 Å². The highest BCUT2D eigenvalue weighted by molar-refractivity contribution is 7.87. The molecule has 3 aromatic carbocycles. The third-order valence-corrected chi connectivity index (χ3v) is 6.02. The Morgan fingerprint density at radius 3 is 2.25 bits per heavy atom. The van der Waals surface area contributed by atoms with Gasteiger partial charge in [0, 0.05) is 21.3 Å². The van der Waals surface area contributed by atoms with Crippen LogP contribution in [0.1, 0.15) is 5.56 Å². The second-order valence-corrected chi connectivity index (χ2v) is 9.11. The molecule has 0 bridgehead atoms. The van der Waals surface area contributed by atoms with Gasteiger partial charge in [0.05, 0.1) is 5.02 Å². The van der Waals surface area contributed by atoms with E-state index in [0.29, 0.717) is 10.7 Å². The lowest BCUT2D eigenvalue weighted by molar-refractivity contribution is -0.112. The average molecular weight is 508 g/mol. The van der Waals surface area contributed by atoms with Crippen LogP contribution in [0.25, 0.3) is 6.08 Å². The largest absolute Gasteiger partial charge is 0.377 e. The fraction of sp³-hybridized carbons (Fsp3) is 0. The Morgan fingerprint density at radius 2 is 1.62 bits per heavy atom. The summed E-state index contributed by atoms with van der Waals surface area (Å²) in [6, 6.07) is 18.1. The number of benzene rings is 3. The van der Waals surface area contributed by atoms with E-state index < -0.39 is 16.0 Å². The summed E-state index contributed by atoms with van der Waals surface area (Å²) in [6.07, 6.45) is 1.14. The molecule has 0 aliphatic heterocycles. The van der Waals surface area contributed by atoms with E-state index in [-0.39, 0.29) is 31.8 Å². The van der Waals surface area contributed by atoms with Gasteiger partial charge in [0.15, 0.2) is 5.75 Å². The van der Waals surface area contributed by atoms with Crippen molar-refractivity contribution in [3.05, 3.63) is 92.9 Å². The standard InChI is InChI=1S/C22H13Cl3N2O4S/c23-16-6-8-18(9-7-16)27-22(28)15(13-26)10-14-11-17(24)12-20(25)21(14)31-32(29,30)19-4-2-1-3-5-19/h1-12H,(H,27,28)/b15-10+. The van der Waals surface area contributed by atoms with Gasteiger partial charge in [-0.25, -0.2) is 0 Å². The second-order valence-electron chi connectivity index (χ2n) is 6.29. The first kappa shape index (κ1) is 23.6. The second kappa shape index (κ2) is 10.1. The smallest absolute Gasteiger partial charge is 0.339 e. The van der Waals surface area contributed by atoms with Crippen molar-refractivity contribution in [2.45, 2.75) is 4.90 Å². The zero-order chi connectivity index (χ0) is 23.3. The Kier molecular flexibility index (Phi) is 7.44. The lowest BCUT2D eigenvalue weighted by atomic mass is 10.1. The third-order valence-electron chi connectivity index (χ3n) is 4.03. The molecule has 0 atom stereocenters. The molecule has 0 saturated heterocycles. The number of nitriles is 1. The van der Waals surface area contributed by atoms with E-state index in [1.807, 2.05) is 0 Å². The van der Waals surface area contributed by atoms with Crippen molar-refractivity contribution < 1.29 is 17.4 Å². The van der Waals surface area contributed by atoms with Crippen molar-refractivity contribution in [1.82, 2.24) is 0 Å². The van der Waals surface area contributed by atoms with Crippen LogP contribution in [0.4, 0.5) is 5.69 Å². The van der Waals surface area contributed by atoms with Crippen molar-refractivity contribution in [3.63, 3.8) is 0 Å². The van der Waals surface area contributed by atoms with Crippen LogP contribution in [0, 0.1) is 11.3 Å². The minimum absolute atomic E-state index is 0.0322. The van der Waals surface area contributed by atoms with Gasteiger partial charge in [-0.05, 0) is 54.6 Å². The maximum atomic E-state index is 12.7. The average Bonchev–Trinajstić information content (AvgIpc) is 2.76. The number of hydrogen-bond acceptors (Lipinski definition) is 5. The molecule has 0 saturated carbocycles. The van der Waals surface area contributed by atoms with E-state index in [1.54, 1.807) is 36.4 Å². The first-order chi connectivity index (χ1) is 15.2. The lowest BCUT2D eigenvalue weighted by Gasteiger charge is -2.12. The first-order valence-electron chi connectivity index (χ1n) is 8.87. The molecule has 3 aromatic rings. The summed E-state index contributed by atoms with van der Waals surface area (Å²) in [6.45, 7) is 0. The highest BCUT2D eigenvalue weighted by Gasteiger charge is 2.22. The van der Waals surface area contributed by atoms with Crippen LogP contribution >= 0.6 is 34.8 Å². The highest BCUT2D eigenvalue weighted by atomic mass is 35.5. The molecule has 32 heavy (non-hydrogen) atoms. The molecule has 0 aliphatic carbocycles. The minimum atomic E-state index is -4.24. The molecule has 1 amide bonds. The molecule has 6 nitrogen and oxygen atoms in total. The van der Waals surface area contributed by atoms with Gasteiger partial charge in [0.2, 0.25) is 0 Å². The van der Waals surface area contributed by atoms with Crippen LogP contribution in [0.5, 0.6) is 5.75 Å². The van der Waals surface area contributed by atoms with Crippen molar-refractivity contribution in [2.24, 2.45) is 0 Å². The van der Waals surface area contributed by atoms with Crippen LogP contribution in [0.15, 0.2) is 77.2 Å². The number of rotatable bonds is 6. The van der Waals surface area contributed by atoms with Gasteiger partial charge in [0.1, 0.15) is 16.5 Å². The zero-order valence-electron chi connectivity index (χ0n) is 16.1.